The molecule has 2 aliphatic rings. The predicted molar refractivity (Wildman–Crippen MR) is 104 cm³/mol. The molecule has 142 valence electrons. The Hall–Kier alpha value is -1.50. The number of amides is 3. The lowest BCUT2D eigenvalue weighted by atomic mass is 10.1. The van der Waals surface area contributed by atoms with E-state index in [1.807, 2.05) is 4.90 Å². The number of carbonyl (C=O) groups excluding carboxylic acids is 2. The molecule has 0 aliphatic carbocycles. The average Bonchev–Trinajstić information content (AvgIpc) is 2.66. The maximum atomic E-state index is 12.4. The van der Waals surface area contributed by atoms with Crippen molar-refractivity contribution in [3.8, 4) is 0 Å². The van der Waals surface area contributed by atoms with E-state index in [-0.39, 0.29) is 11.9 Å². The molecule has 2 fully saturated rings. The van der Waals surface area contributed by atoms with Crippen LogP contribution in [0.2, 0.25) is 10.0 Å². The summed E-state index contributed by atoms with van der Waals surface area (Å²) in [7, 11) is 0. The number of benzene rings is 1. The van der Waals surface area contributed by atoms with Gasteiger partial charge in [-0.2, -0.15) is 0 Å². The lowest BCUT2D eigenvalue weighted by molar-refractivity contribution is -0.133. The van der Waals surface area contributed by atoms with Gasteiger partial charge < -0.3 is 15.1 Å². The molecule has 3 amide bonds. The Morgan fingerprint density at radius 3 is 2.23 bits per heavy atom. The first-order valence-corrected chi connectivity index (χ1v) is 9.79. The second kappa shape index (κ2) is 8.93. The van der Waals surface area contributed by atoms with Crippen molar-refractivity contribution >= 4 is 40.8 Å². The van der Waals surface area contributed by atoms with E-state index in [4.69, 9.17) is 23.2 Å². The summed E-state index contributed by atoms with van der Waals surface area (Å²) in [5, 5.41) is 3.70. The number of hydrogen-bond donors (Lipinski definition) is 1. The molecule has 0 saturated carbocycles. The van der Waals surface area contributed by atoms with E-state index < -0.39 is 0 Å². The number of carbonyl (C=O) groups is 2. The molecule has 6 nitrogen and oxygen atoms in total. The van der Waals surface area contributed by atoms with Crippen LogP contribution >= 0.6 is 23.2 Å². The van der Waals surface area contributed by atoms with Crippen LogP contribution in [-0.2, 0) is 4.79 Å². The van der Waals surface area contributed by atoms with Crippen molar-refractivity contribution < 1.29 is 9.59 Å². The molecule has 0 radical (unpaired) electrons. The summed E-state index contributed by atoms with van der Waals surface area (Å²) in [6.45, 7) is 4.81. The fourth-order valence-electron chi connectivity index (χ4n) is 3.32. The molecule has 0 unspecified atom stereocenters. The topological polar surface area (TPSA) is 55.9 Å². The van der Waals surface area contributed by atoms with Crippen molar-refractivity contribution in [2.45, 2.75) is 19.3 Å². The van der Waals surface area contributed by atoms with Gasteiger partial charge in [-0.3, -0.25) is 9.69 Å². The number of nitrogens with one attached hydrogen (secondary N) is 1. The zero-order chi connectivity index (χ0) is 18.5. The summed E-state index contributed by atoms with van der Waals surface area (Å²) >= 11 is 11.9. The number of hydrogen-bond acceptors (Lipinski definition) is 3. The number of piperidine rings is 1. The molecular formula is C18H24Cl2N4O2. The highest BCUT2D eigenvalue weighted by Gasteiger charge is 2.24. The summed E-state index contributed by atoms with van der Waals surface area (Å²) in [6, 6.07) is 4.85. The quantitative estimate of drug-likeness (QED) is 0.850. The predicted octanol–water partition coefficient (Wildman–Crippen LogP) is 3.16. The van der Waals surface area contributed by atoms with Crippen molar-refractivity contribution in [3.05, 3.63) is 28.2 Å². The molecular weight excluding hydrogens is 375 g/mol. The van der Waals surface area contributed by atoms with Crippen LogP contribution in [0.5, 0.6) is 0 Å². The average molecular weight is 399 g/mol. The second-order valence-electron chi connectivity index (χ2n) is 6.76. The molecule has 1 aromatic rings. The first kappa shape index (κ1) is 19.3. The Labute approximate surface area is 164 Å². The van der Waals surface area contributed by atoms with Gasteiger partial charge in [0.15, 0.2) is 0 Å². The third-order valence-corrected chi connectivity index (χ3v) is 5.64. The second-order valence-corrected chi connectivity index (χ2v) is 7.58. The molecule has 3 rings (SSSR count). The maximum absolute atomic E-state index is 12.4. The van der Waals surface area contributed by atoms with Gasteiger partial charge in [-0.1, -0.05) is 23.2 Å². The fraction of sp³-hybridized carbons (Fsp3) is 0.556. The molecule has 8 heteroatoms. The monoisotopic (exact) mass is 398 g/mol. The van der Waals surface area contributed by atoms with E-state index >= 15 is 0 Å². The minimum Gasteiger partial charge on any atom is -0.342 e. The number of anilines is 1. The number of likely N-dealkylation sites (tertiary alicyclic amines) is 1. The summed E-state index contributed by atoms with van der Waals surface area (Å²) in [6.07, 6.45) is 3.43. The van der Waals surface area contributed by atoms with E-state index in [0.29, 0.717) is 48.5 Å². The SMILES string of the molecule is O=C(CN1CCN(C(=O)Nc2ccc(Cl)c(Cl)c2)CC1)N1CCCCC1. The van der Waals surface area contributed by atoms with E-state index in [2.05, 4.69) is 10.2 Å². The smallest absolute Gasteiger partial charge is 0.321 e. The number of rotatable bonds is 3. The van der Waals surface area contributed by atoms with Gasteiger partial charge in [0.2, 0.25) is 5.91 Å². The molecule has 1 N–H and O–H groups in total. The van der Waals surface area contributed by atoms with Gasteiger partial charge >= 0.3 is 6.03 Å². The normalized spacial score (nSPS) is 18.7. The Balaban J connectivity index is 1.44. The Morgan fingerprint density at radius 1 is 0.885 bits per heavy atom. The first-order valence-electron chi connectivity index (χ1n) is 9.04. The van der Waals surface area contributed by atoms with Crippen LogP contribution in [0.1, 0.15) is 19.3 Å². The van der Waals surface area contributed by atoms with Crippen molar-refractivity contribution in [1.29, 1.82) is 0 Å². The van der Waals surface area contributed by atoms with Gasteiger partial charge in [0.05, 0.1) is 16.6 Å². The highest BCUT2D eigenvalue weighted by Crippen LogP contribution is 2.25. The van der Waals surface area contributed by atoms with Crippen LogP contribution in [0.3, 0.4) is 0 Å². The van der Waals surface area contributed by atoms with Crippen molar-refractivity contribution in [2.75, 3.05) is 51.1 Å². The van der Waals surface area contributed by atoms with E-state index in [0.717, 1.165) is 25.9 Å². The van der Waals surface area contributed by atoms with Gasteiger partial charge in [-0.25, -0.2) is 4.79 Å². The molecule has 0 atom stereocenters. The molecule has 2 heterocycles. The standard InChI is InChI=1S/C18H24Cl2N4O2/c19-15-5-4-14(12-16(15)20)21-18(26)24-10-8-22(9-11-24)13-17(25)23-6-2-1-3-7-23/h4-5,12H,1-3,6-11,13H2,(H,21,26). The third-order valence-electron chi connectivity index (χ3n) is 4.90. The largest absolute Gasteiger partial charge is 0.342 e. The molecule has 2 aliphatic heterocycles. The van der Waals surface area contributed by atoms with Crippen molar-refractivity contribution in [3.63, 3.8) is 0 Å². The van der Waals surface area contributed by atoms with Gasteiger partial charge in [-0.05, 0) is 37.5 Å². The van der Waals surface area contributed by atoms with Crippen LogP contribution in [0.15, 0.2) is 18.2 Å². The van der Waals surface area contributed by atoms with Crippen LogP contribution in [0, 0.1) is 0 Å². The number of nitrogens with zero attached hydrogens (tertiary/aromatic N) is 3. The summed E-state index contributed by atoms with van der Waals surface area (Å²) in [4.78, 5) is 30.6. The van der Waals surface area contributed by atoms with Crippen molar-refractivity contribution in [1.82, 2.24) is 14.7 Å². The highest BCUT2D eigenvalue weighted by molar-refractivity contribution is 6.42. The van der Waals surface area contributed by atoms with Gasteiger partial charge in [0, 0.05) is 45.0 Å². The van der Waals surface area contributed by atoms with Gasteiger partial charge in [0.25, 0.3) is 0 Å². The molecule has 1 aromatic carbocycles. The molecule has 0 spiro atoms. The summed E-state index contributed by atoms with van der Waals surface area (Å²) < 4.78 is 0. The van der Waals surface area contributed by atoms with Crippen LogP contribution in [-0.4, -0.2) is 72.5 Å². The molecule has 26 heavy (non-hydrogen) atoms. The van der Waals surface area contributed by atoms with Gasteiger partial charge in [-0.15, -0.1) is 0 Å². The van der Waals surface area contributed by atoms with Crippen molar-refractivity contribution in [2.24, 2.45) is 0 Å². The lowest BCUT2D eigenvalue weighted by Crippen LogP contribution is -2.52. The van der Waals surface area contributed by atoms with Crippen LogP contribution < -0.4 is 5.32 Å². The minimum atomic E-state index is -0.162. The molecule has 0 bridgehead atoms. The summed E-state index contributed by atoms with van der Waals surface area (Å²) in [5.41, 5.74) is 0.618. The van der Waals surface area contributed by atoms with Crippen LogP contribution in [0.4, 0.5) is 10.5 Å². The van der Waals surface area contributed by atoms with E-state index in [1.54, 1.807) is 23.1 Å². The van der Waals surface area contributed by atoms with Crippen LogP contribution in [0.25, 0.3) is 0 Å². The minimum absolute atomic E-state index is 0.162. The highest BCUT2D eigenvalue weighted by atomic mass is 35.5. The zero-order valence-corrected chi connectivity index (χ0v) is 16.2. The number of urea groups is 1. The maximum Gasteiger partial charge on any atom is 0.321 e. The Bertz CT molecular complexity index is 657. The number of piperazine rings is 1. The molecule has 0 aromatic heterocycles. The zero-order valence-electron chi connectivity index (χ0n) is 14.7. The fourth-order valence-corrected chi connectivity index (χ4v) is 3.62. The van der Waals surface area contributed by atoms with Gasteiger partial charge in [0.1, 0.15) is 0 Å². The Kier molecular flexibility index (Phi) is 6.62. The van der Waals surface area contributed by atoms with E-state index in [1.165, 1.54) is 6.42 Å². The first-order chi connectivity index (χ1) is 12.5. The molecule has 2 saturated heterocycles. The lowest BCUT2D eigenvalue weighted by Gasteiger charge is -2.36. The summed E-state index contributed by atoms with van der Waals surface area (Å²) in [5.74, 6) is 0.207. The third kappa shape index (κ3) is 5.02. The Morgan fingerprint density at radius 2 is 1.58 bits per heavy atom. The number of halogens is 2. The van der Waals surface area contributed by atoms with E-state index in [9.17, 15) is 9.59 Å².